The van der Waals surface area contributed by atoms with E-state index in [0.717, 1.165) is 0 Å². The summed E-state index contributed by atoms with van der Waals surface area (Å²) >= 11 is -0.893. The fourth-order valence-electron chi connectivity index (χ4n) is 0.113. The Labute approximate surface area is 57.5 Å². The van der Waals surface area contributed by atoms with Gasteiger partial charge in [-0.25, -0.2) is 0 Å². The number of nitrogens with zero attached hydrogens (tertiary/aromatic N) is 1. The molecule has 0 aliphatic rings. The summed E-state index contributed by atoms with van der Waals surface area (Å²) in [5.74, 6) is 0. The first-order valence-electron chi connectivity index (χ1n) is 2.09. The molecular weight excluding hydrogens is 278 g/mol. The molecule has 0 bridgehead atoms. The fraction of sp³-hybridized carbons (Fsp3) is 1.00. The molecular formula is C4H9ClNTa. The van der Waals surface area contributed by atoms with Crippen LogP contribution >= 0.6 is 9.19 Å². The van der Waals surface area contributed by atoms with Crippen LogP contribution in [0.4, 0.5) is 0 Å². The van der Waals surface area contributed by atoms with Crippen LogP contribution < -0.4 is 0 Å². The Balaban J connectivity index is 3.56. The Morgan fingerprint density at radius 2 is 1.86 bits per heavy atom. The van der Waals surface area contributed by atoms with Gasteiger partial charge in [-0.2, -0.15) is 0 Å². The maximum absolute atomic E-state index is 5.50. The molecule has 1 nitrogen and oxygen atoms in total. The Kier molecular flexibility index (Phi) is 3.33. The van der Waals surface area contributed by atoms with Crippen molar-refractivity contribution in [3.05, 3.63) is 0 Å². The van der Waals surface area contributed by atoms with Crippen molar-refractivity contribution in [1.29, 1.82) is 0 Å². The molecule has 0 aliphatic carbocycles. The summed E-state index contributed by atoms with van der Waals surface area (Å²) in [6, 6.07) is 0. The third-order valence-electron chi connectivity index (χ3n) is 0.338. The third kappa shape index (κ3) is 6.83. The van der Waals surface area contributed by atoms with Crippen molar-refractivity contribution in [3.63, 3.8) is 0 Å². The van der Waals surface area contributed by atoms with E-state index >= 15 is 0 Å². The Morgan fingerprint density at radius 3 is 1.86 bits per heavy atom. The van der Waals surface area contributed by atoms with Crippen molar-refractivity contribution >= 4 is 9.19 Å². The molecule has 0 amide bonds. The van der Waals surface area contributed by atoms with Gasteiger partial charge < -0.3 is 0 Å². The second-order valence-corrected chi connectivity index (χ2v) is 4.85. The van der Waals surface area contributed by atoms with Gasteiger partial charge in [-0.1, -0.05) is 0 Å². The van der Waals surface area contributed by atoms with Crippen LogP contribution in [0.25, 0.3) is 0 Å². The van der Waals surface area contributed by atoms with Gasteiger partial charge in [0.2, 0.25) is 0 Å². The molecule has 0 saturated heterocycles. The molecule has 0 aromatic heterocycles. The second-order valence-electron chi connectivity index (χ2n) is 2.35. The first kappa shape index (κ1) is 7.83. The molecule has 0 aromatic rings. The molecule has 0 spiro atoms. The Morgan fingerprint density at radius 1 is 1.43 bits per heavy atom. The zero-order valence-corrected chi connectivity index (χ0v) is 8.74. The second kappa shape index (κ2) is 2.98. The quantitative estimate of drug-likeness (QED) is 0.648. The van der Waals surface area contributed by atoms with Gasteiger partial charge in [0.25, 0.3) is 0 Å². The molecule has 3 heteroatoms. The van der Waals surface area contributed by atoms with Gasteiger partial charge in [0, 0.05) is 0 Å². The molecule has 0 aromatic carbocycles. The minimum atomic E-state index is -0.893. The van der Waals surface area contributed by atoms with Crippen LogP contribution in [0.1, 0.15) is 20.8 Å². The van der Waals surface area contributed by atoms with E-state index in [9.17, 15) is 0 Å². The predicted molar refractivity (Wildman–Crippen MR) is 28.0 cm³/mol. The van der Waals surface area contributed by atoms with Gasteiger partial charge in [0.05, 0.1) is 0 Å². The van der Waals surface area contributed by atoms with Crippen LogP contribution in [-0.2, 0) is 18.5 Å². The van der Waals surface area contributed by atoms with Crippen LogP contribution in [0.15, 0.2) is 3.34 Å². The molecule has 0 rings (SSSR count). The Hall–Kier alpha value is 0.830. The van der Waals surface area contributed by atoms with E-state index in [1.165, 1.54) is 0 Å². The van der Waals surface area contributed by atoms with Crippen LogP contribution in [0, 0.1) is 0 Å². The summed E-state index contributed by atoms with van der Waals surface area (Å²) < 4.78 is 4.20. The van der Waals surface area contributed by atoms with Crippen molar-refractivity contribution in [1.82, 2.24) is 0 Å². The SMILES string of the molecule is CC(C)(C)[N]=[Ta][Cl]. The van der Waals surface area contributed by atoms with E-state index in [0.29, 0.717) is 0 Å². The summed E-state index contributed by atoms with van der Waals surface area (Å²) in [4.78, 5) is 0. The van der Waals surface area contributed by atoms with Crippen molar-refractivity contribution in [2.75, 3.05) is 0 Å². The molecule has 0 unspecified atom stereocenters. The number of rotatable bonds is 0. The van der Waals surface area contributed by atoms with E-state index in [2.05, 4.69) is 24.1 Å². The van der Waals surface area contributed by atoms with Crippen molar-refractivity contribution in [2.24, 2.45) is 3.34 Å². The molecule has 0 atom stereocenters. The van der Waals surface area contributed by atoms with Gasteiger partial charge in [0.15, 0.2) is 0 Å². The predicted octanol–water partition coefficient (Wildman–Crippen LogP) is 2.20. The van der Waals surface area contributed by atoms with Crippen LogP contribution in [0.5, 0.6) is 0 Å². The van der Waals surface area contributed by atoms with Crippen molar-refractivity contribution < 1.29 is 18.5 Å². The third-order valence-corrected chi connectivity index (χ3v) is 3.38. The molecule has 7 heavy (non-hydrogen) atoms. The number of halogens is 1. The zero-order chi connectivity index (χ0) is 5.91. The molecule has 0 fully saturated rings. The summed E-state index contributed by atoms with van der Waals surface area (Å²) in [5, 5.41) is 0. The monoisotopic (exact) mass is 287 g/mol. The summed E-state index contributed by atoms with van der Waals surface area (Å²) in [5.41, 5.74) is 0.124. The average Bonchev–Trinajstić information content (AvgIpc) is 1.30. The van der Waals surface area contributed by atoms with Gasteiger partial charge in [-0.15, -0.1) is 0 Å². The molecule has 0 aliphatic heterocycles. The Bertz CT molecular complexity index is 74.2. The van der Waals surface area contributed by atoms with E-state index in [4.69, 9.17) is 9.19 Å². The van der Waals surface area contributed by atoms with Crippen LogP contribution in [-0.4, -0.2) is 5.54 Å². The topological polar surface area (TPSA) is 12.4 Å². The van der Waals surface area contributed by atoms with Gasteiger partial charge >= 0.3 is 57.3 Å². The fourth-order valence-corrected chi connectivity index (χ4v) is 2.78. The summed E-state index contributed by atoms with van der Waals surface area (Å²) in [6.07, 6.45) is 0. The van der Waals surface area contributed by atoms with E-state index in [1.54, 1.807) is 0 Å². The zero-order valence-electron chi connectivity index (χ0n) is 4.77. The number of hydrogen-bond donors (Lipinski definition) is 0. The summed E-state index contributed by atoms with van der Waals surface area (Å²) in [7, 11) is 5.50. The normalized spacial score (nSPS) is 13.1. The van der Waals surface area contributed by atoms with Crippen molar-refractivity contribution in [2.45, 2.75) is 26.3 Å². The standard InChI is InChI=1S/C4H9N.ClH.Ta/c1-4(2,3)5;;/h1-3H3;1H;/q;;+1/p-1. The van der Waals surface area contributed by atoms with Gasteiger partial charge in [0.1, 0.15) is 0 Å². The average molecular weight is 288 g/mol. The molecule has 0 saturated carbocycles. The molecule has 0 N–H and O–H groups in total. The maximum atomic E-state index is 5.50. The number of hydrogen-bond acceptors (Lipinski definition) is 1. The summed E-state index contributed by atoms with van der Waals surface area (Å²) in [6.45, 7) is 6.20. The molecule has 0 radical (unpaired) electrons. The van der Waals surface area contributed by atoms with Crippen LogP contribution in [0.3, 0.4) is 0 Å². The van der Waals surface area contributed by atoms with Gasteiger partial charge in [-0.05, 0) is 0 Å². The van der Waals surface area contributed by atoms with Gasteiger partial charge in [-0.3, -0.25) is 0 Å². The van der Waals surface area contributed by atoms with E-state index < -0.39 is 18.5 Å². The first-order chi connectivity index (χ1) is 3.06. The molecule has 0 heterocycles. The minimum absolute atomic E-state index is 0.124. The molecule has 42 valence electrons. The van der Waals surface area contributed by atoms with E-state index in [1.807, 2.05) is 0 Å². The van der Waals surface area contributed by atoms with Crippen molar-refractivity contribution in [3.8, 4) is 0 Å². The first-order valence-corrected chi connectivity index (χ1v) is 7.51. The van der Waals surface area contributed by atoms with Crippen LogP contribution in [0.2, 0.25) is 0 Å². The van der Waals surface area contributed by atoms with E-state index in [-0.39, 0.29) is 5.54 Å².